The summed E-state index contributed by atoms with van der Waals surface area (Å²) in [5, 5.41) is 9.82. The van der Waals surface area contributed by atoms with Crippen LogP contribution in [0.2, 0.25) is 0 Å². The molecule has 0 bridgehead atoms. The number of aromatic nitrogens is 2. The number of hydrogen-bond acceptors (Lipinski definition) is 3. The number of nitrogens with zero attached hydrogens (tertiary/aromatic N) is 2. The summed E-state index contributed by atoms with van der Waals surface area (Å²) in [6, 6.07) is 0.166. The molecular formula is C15H24N4O2. The van der Waals surface area contributed by atoms with E-state index in [9.17, 15) is 9.59 Å². The topological polar surface area (TPSA) is 78.1 Å². The molecule has 2 rings (SSSR count). The van der Waals surface area contributed by atoms with Gasteiger partial charge in [0.1, 0.15) is 0 Å². The molecule has 21 heavy (non-hydrogen) atoms. The number of nitrogens with one attached hydrogen (secondary N) is 2. The normalized spacial score (nSPS) is 18.6. The van der Waals surface area contributed by atoms with Crippen LogP contribution in [0.3, 0.4) is 0 Å². The number of H-pyrrole nitrogens is 1. The smallest absolute Gasteiger partial charge is 0.225 e. The van der Waals surface area contributed by atoms with Gasteiger partial charge < -0.3 is 10.2 Å². The highest BCUT2D eigenvalue weighted by atomic mass is 16.2. The van der Waals surface area contributed by atoms with E-state index in [1.807, 2.05) is 27.0 Å². The third-order valence-electron chi connectivity index (χ3n) is 4.01. The maximum Gasteiger partial charge on any atom is 0.225 e. The van der Waals surface area contributed by atoms with Crippen molar-refractivity contribution < 1.29 is 9.59 Å². The Balaban J connectivity index is 1.71. The van der Waals surface area contributed by atoms with Crippen molar-refractivity contribution in [2.45, 2.75) is 46.1 Å². The molecule has 1 unspecified atom stereocenters. The van der Waals surface area contributed by atoms with Gasteiger partial charge in [0.15, 0.2) is 0 Å². The number of hydrogen-bond donors (Lipinski definition) is 2. The molecule has 2 N–H and O–H groups in total. The molecule has 0 radical (unpaired) electrons. The minimum absolute atomic E-state index is 0.00424. The first kappa shape index (κ1) is 15.5. The van der Waals surface area contributed by atoms with Gasteiger partial charge in [0, 0.05) is 31.2 Å². The maximum atomic E-state index is 12.1. The average Bonchev–Trinajstić information content (AvgIpc) is 3.01. The highest BCUT2D eigenvalue weighted by molar-refractivity contribution is 5.89. The standard InChI is InChI=1S/C15H24N4O2/c1-10(2)19-9-13(7-14(19)20)15(21)16-6-4-5-12-8-17-18-11(12)3/h8,10,13H,4-7,9H2,1-3H3,(H,16,21)(H,17,18). The summed E-state index contributed by atoms with van der Waals surface area (Å²) in [5.41, 5.74) is 2.27. The van der Waals surface area contributed by atoms with Crippen molar-refractivity contribution in [1.29, 1.82) is 0 Å². The number of aromatic amines is 1. The fraction of sp³-hybridized carbons (Fsp3) is 0.667. The second-order valence-electron chi connectivity index (χ2n) is 5.96. The minimum Gasteiger partial charge on any atom is -0.356 e. The molecule has 1 aromatic heterocycles. The first-order valence-corrected chi connectivity index (χ1v) is 7.55. The number of aryl methyl sites for hydroxylation is 2. The number of rotatable bonds is 6. The second kappa shape index (κ2) is 6.74. The van der Waals surface area contributed by atoms with Crippen LogP contribution in [0.25, 0.3) is 0 Å². The Bertz CT molecular complexity index is 510. The first-order valence-electron chi connectivity index (χ1n) is 7.55. The molecule has 6 heteroatoms. The van der Waals surface area contributed by atoms with Crippen LogP contribution in [-0.4, -0.2) is 46.0 Å². The van der Waals surface area contributed by atoms with Crippen molar-refractivity contribution in [3.05, 3.63) is 17.5 Å². The summed E-state index contributed by atoms with van der Waals surface area (Å²) >= 11 is 0. The lowest BCUT2D eigenvalue weighted by atomic mass is 10.1. The fourth-order valence-electron chi connectivity index (χ4n) is 2.67. The summed E-state index contributed by atoms with van der Waals surface area (Å²) in [5.74, 6) is -0.120. The lowest BCUT2D eigenvalue weighted by Gasteiger charge is -2.20. The van der Waals surface area contributed by atoms with Gasteiger partial charge >= 0.3 is 0 Å². The van der Waals surface area contributed by atoms with E-state index in [0.29, 0.717) is 19.5 Å². The Hall–Kier alpha value is -1.85. The molecular weight excluding hydrogens is 268 g/mol. The van der Waals surface area contributed by atoms with Gasteiger partial charge in [-0.05, 0) is 39.2 Å². The largest absolute Gasteiger partial charge is 0.356 e. The molecule has 0 spiro atoms. The molecule has 1 aliphatic heterocycles. The van der Waals surface area contributed by atoms with Crippen LogP contribution in [0.1, 0.15) is 37.9 Å². The quantitative estimate of drug-likeness (QED) is 0.769. The van der Waals surface area contributed by atoms with E-state index in [0.717, 1.165) is 18.5 Å². The zero-order valence-corrected chi connectivity index (χ0v) is 13.0. The molecule has 0 aliphatic carbocycles. The van der Waals surface area contributed by atoms with E-state index in [2.05, 4.69) is 15.5 Å². The van der Waals surface area contributed by atoms with Crippen LogP contribution < -0.4 is 5.32 Å². The van der Waals surface area contributed by atoms with Crippen molar-refractivity contribution >= 4 is 11.8 Å². The van der Waals surface area contributed by atoms with Crippen molar-refractivity contribution in [3.63, 3.8) is 0 Å². The predicted octanol–water partition coefficient (Wildman–Crippen LogP) is 1.02. The van der Waals surface area contributed by atoms with E-state index < -0.39 is 0 Å². The summed E-state index contributed by atoms with van der Waals surface area (Å²) in [6.07, 6.45) is 3.93. The lowest BCUT2D eigenvalue weighted by molar-refractivity contribution is -0.129. The summed E-state index contributed by atoms with van der Waals surface area (Å²) in [4.78, 5) is 25.6. The SMILES string of the molecule is Cc1[nH]ncc1CCCNC(=O)C1CC(=O)N(C(C)C)C1. The number of amides is 2. The van der Waals surface area contributed by atoms with E-state index in [1.54, 1.807) is 4.90 Å². The Labute approximate surface area is 125 Å². The molecule has 1 saturated heterocycles. The van der Waals surface area contributed by atoms with Crippen LogP contribution in [0, 0.1) is 12.8 Å². The molecule has 0 saturated carbocycles. The lowest BCUT2D eigenvalue weighted by Crippen LogP contribution is -2.35. The van der Waals surface area contributed by atoms with Crippen molar-refractivity contribution in [3.8, 4) is 0 Å². The van der Waals surface area contributed by atoms with Gasteiger partial charge in [0.2, 0.25) is 11.8 Å². The summed E-state index contributed by atoms with van der Waals surface area (Å²) in [6.45, 7) is 7.13. The van der Waals surface area contributed by atoms with Gasteiger partial charge in [0.25, 0.3) is 0 Å². The number of carbonyl (C=O) groups is 2. The van der Waals surface area contributed by atoms with E-state index in [1.165, 1.54) is 5.56 Å². The van der Waals surface area contributed by atoms with Crippen LogP contribution in [-0.2, 0) is 16.0 Å². The number of carbonyl (C=O) groups excluding carboxylic acids is 2. The minimum atomic E-state index is -0.199. The summed E-state index contributed by atoms with van der Waals surface area (Å²) < 4.78 is 0. The van der Waals surface area contributed by atoms with E-state index in [4.69, 9.17) is 0 Å². The monoisotopic (exact) mass is 292 g/mol. The molecule has 6 nitrogen and oxygen atoms in total. The van der Waals surface area contributed by atoms with Crippen molar-refractivity contribution in [1.82, 2.24) is 20.4 Å². The Morgan fingerprint density at radius 3 is 2.90 bits per heavy atom. The average molecular weight is 292 g/mol. The van der Waals surface area contributed by atoms with Gasteiger partial charge in [-0.25, -0.2) is 0 Å². The molecule has 1 aromatic rings. The zero-order chi connectivity index (χ0) is 15.4. The third-order valence-corrected chi connectivity index (χ3v) is 4.01. The molecule has 0 aromatic carbocycles. The molecule has 116 valence electrons. The molecule has 2 amide bonds. The Morgan fingerprint density at radius 2 is 2.33 bits per heavy atom. The summed E-state index contributed by atoms with van der Waals surface area (Å²) in [7, 11) is 0. The predicted molar refractivity (Wildman–Crippen MR) is 79.6 cm³/mol. The number of likely N-dealkylation sites (tertiary alicyclic amines) is 1. The highest BCUT2D eigenvalue weighted by Gasteiger charge is 2.35. The van der Waals surface area contributed by atoms with Gasteiger partial charge in [-0.2, -0.15) is 5.10 Å². The van der Waals surface area contributed by atoms with Crippen molar-refractivity contribution in [2.75, 3.05) is 13.1 Å². The fourth-order valence-corrected chi connectivity index (χ4v) is 2.67. The van der Waals surface area contributed by atoms with Gasteiger partial charge in [-0.3, -0.25) is 14.7 Å². The highest BCUT2D eigenvalue weighted by Crippen LogP contribution is 2.20. The first-order chi connectivity index (χ1) is 9.99. The van der Waals surface area contributed by atoms with E-state index >= 15 is 0 Å². The molecule has 1 aliphatic rings. The third kappa shape index (κ3) is 3.83. The molecule has 2 heterocycles. The molecule has 1 fully saturated rings. The van der Waals surface area contributed by atoms with Gasteiger partial charge in [-0.15, -0.1) is 0 Å². The van der Waals surface area contributed by atoms with Gasteiger partial charge in [0.05, 0.1) is 12.1 Å². The Kier molecular flexibility index (Phi) is 4.98. The van der Waals surface area contributed by atoms with Gasteiger partial charge in [-0.1, -0.05) is 0 Å². The second-order valence-corrected chi connectivity index (χ2v) is 5.96. The molecule has 1 atom stereocenters. The van der Waals surface area contributed by atoms with Crippen LogP contribution in [0.4, 0.5) is 0 Å². The van der Waals surface area contributed by atoms with E-state index in [-0.39, 0.29) is 23.8 Å². The van der Waals surface area contributed by atoms with Crippen LogP contribution >= 0.6 is 0 Å². The van der Waals surface area contributed by atoms with Crippen LogP contribution in [0.15, 0.2) is 6.20 Å². The maximum absolute atomic E-state index is 12.1. The Morgan fingerprint density at radius 1 is 1.57 bits per heavy atom. The van der Waals surface area contributed by atoms with Crippen molar-refractivity contribution in [2.24, 2.45) is 5.92 Å². The zero-order valence-electron chi connectivity index (χ0n) is 13.0. The van der Waals surface area contributed by atoms with Crippen LogP contribution in [0.5, 0.6) is 0 Å².